The number of aryl methyl sites for hydroxylation is 1. The van der Waals surface area contributed by atoms with Gasteiger partial charge < -0.3 is 14.8 Å². The van der Waals surface area contributed by atoms with E-state index in [1.165, 1.54) is 12.8 Å². The summed E-state index contributed by atoms with van der Waals surface area (Å²) < 4.78 is 2.19. The third-order valence-electron chi connectivity index (χ3n) is 6.17. The first-order chi connectivity index (χ1) is 14.9. The predicted octanol–water partition coefficient (Wildman–Crippen LogP) is 3.69. The highest BCUT2D eigenvalue weighted by Gasteiger charge is 2.29. The molecule has 1 N–H and O–H groups in total. The number of aromatic nitrogens is 5. The monoisotopic (exact) mass is 443 g/mol. The van der Waals surface area contributed by atoms with Gasteiger partial charge in [-0.25, -0.2) is 9.97 Å². The first kappa shape index (κ1) is 22.5. The van der Waals surface area contributed by atoms with Gasteiger partial charge in [-0.1, -0.05) is 39.5 Å². The molecule has 170 valence electrons. The van der Waals surface area contributed by atoms with E-state index in [0.717, 1.165) is 73.0 Å². The van der Waals surface area contributed by atoms with Crippen LogP contribution in [0, 0.1) is 0 Å². The van der Waals surface area contributed by atoms with Gasteiger partial charge in [0.1, 0.15) is 17.5 Å². The summed E-state index contributed by atoms with van der Waals surface area (Å²) in [5.41, 5.74) is 1.09. The molecule has 2 aromatic rings. The molecule has 0 bridgehead atoms. The van der Waals surface area contributed by atoms with E-state index in [4.69, 9.17) is 9.97 Å². The van der Waals surface area contributed by atoms with Gasteiger partial charge in [0.15, 0.2) is 5.16 Å². The molecule has 2 fully saturated rings. The van der Waals surface area contributed by atoms with E-state index in [1.807, 2.05) is 11.8 Å². The minimum atomic E-state index is -0.0461. The third-order valence-corrected chi connectivity index (χ3v) is 7.27. The zero-order valence-corrected chi connectivity index (χ0v) is 20.5. The molecular formula is C23H37N7S. The van der Waals surface area contributed by atoms with Crippen LogP contribution in [0.4, 0.5) is 5.82 Å². The summed E-state index contributed by atoms with van der Waals surface area (Å²) in [5, 5.41) is 13.4. The first-order valence-electron chi connectivity index (χ1n) is 11.7. The van der Waals surface area contributed by atoms with E-state index in [-0.39, 0.29) is 5.41 Å². The first-order valence-corrected chi connectivity index (χ1v) is 12.7. The SMILES string of the molecule is CCc1cc(N2CCNCC2CCCSc2nnc(C3CC3)n2C)nc(C(C)(C)C)n1. The fraction of sp³-hybridized carbons (Fsp3) is 0.739. The van der Waals surface area contributed by atoms with E-state index in [1.54, 1.807) is 0 Å². The van der Waals surface area contributed by atoms with E-state index < -0.39 is 0 Å². The number of nitrogens with zero attached hydrogens (tertiary/aromatic N) is 6. The second-order valence-corrected chi connectivity index (χ2v) is 10.9. The van der Waals surface area contributed by atoms with Crippen LogP contribution in [0.25, 0.3) is 0 Å². The van der Waals surface area contributed by atoms with Crippen LogP contribution in [-0.2, 0) is 18.9 Å². The molecule has 4 rings (SSSR count). The number of hydrogen-bond acceptors (Lipinski definition) is 7. The normalized spacial score (nSPS) is 19.8. The quantitative estimate of drug-likeness (QED) is 0.493. The summed E-state index contributed by atoms with van der Waals surface area (Å²) in [6, 6.07) is 2.66. The summed E-state index contributed by atoms with van der Waals surface area (Å²) in [6.07, 6.45) is 5.76. The van der Waals surface area contributed by atoms with Crippen molar-refractivity contribution in [2.24, 2.45) is 7.05 Å². The van der Waals surface area contributed by atoms with Crippen molar-refractivity contribution in [1.29, 1.82) is 0 Å². The van der Waals surface area contributed by atoms with Gasteiger partial charge in [-0.2, -0.15) is 0 Å². The number of thioether (sulfide) groups is 1. The van der Waals surface area contributed by atoms with Gasteiger partial charge in [0.2, 0.25) is 0 Å². The van der Waals surface area contributed by atoms with Crippen LogP contribution in [0.15, 0.2) is 11.2 Å². The number of piperazine rings is 1. The van der Waals surface area contributed by atoms with Crippen molar-refractivity contribution in [3.05, 3.63) is 23.4 Å². The average Bonchev–Trinajstić information content (AvgIpc) is 3.53. The van der Waals surface area contributed by atoms with Gasteiger partial charge in [-0.3, -0.25) is 0 Å². The highest BCUT2D eigenvalue weighted by atomic mass is 32.2. The minimum absolute atomic E-state index is 0.0461. The van der Waals surface area contributed by atoms with Gasteiger partial charge in [0.05, 0.1) is 0 Å². The van der Waals surface area contributed by atoms with E-state index >= 15 is 0 Å². The third kappa shape index (κ3) is 5.40. The average molecular weight is 444 g/mol. The van der Waals surface area contributed by atoms with Crippen LogP contribution in [-0.4, -0.2) is 56.2 Å². The number of nitrogens with one attached hydrogen (secondary N) is 1. The maximum Gasteiger partial charge on any atom is 0.190 e. The summed E-state index contributed by atoms with van der Waals surface area (Å²) in [4.78, 5) is 12.3. The largest absolute Gasteiger partial charge is 0.351 e. The van der Waals surface area contributed by atoms with Crippen LogP contribution in [0.3, 0.4) is 0 Å². The molecule has 2 aliphatic rings. The molecule has 8 heteroatoms. The van der Waals surface area contributed by atoms with Crippen molar-refractivity contribution in [3.8, 4) is 0 Å². The molecule has 2 aromatic heterocycles. The van der Waals surface area contributed by atoms with Crippen molar-refractivity contribution >= 4 is 17.6 Å². The zero-order valence-electron chi connectivity index (χ0n) is 19.7. The zero-order chi connectivity index (χ0) is 22.0. The van der Waals surface area contributed by atoms with Crippen molar-refractivity contribution in [3.63, 3.8) is 0 Å². The van der Waals surface area contributed by atoms with Crippen LogP contribution in [0.1, 0.15) is 76.6 Å². The maximum atomic E-state index is 5.00. The second-order valence-electron chi connectivity index (χ2n) is 9.86. The molecule has 1 unspecified atom stereocenters. The number of hydrogen-bond donors (Lipinski definition) is 1. The van der Waals surface area contributed by atoms with E-state index in [9.17, 15) is 0 Å². The smallest absolute Gasteiger partial charge is 0.190 e. The van der Waals surface area contributed by atoms with Gasteiger partial charge in [-0.15, -0.1) is 10.2 Å². The summed E-state index contributed by atoms with van der Waals surface area (Å²) in [5.74, 6) is 4.92. The summed E-state index contributed by atoms with van der Waals surface area (Å²) >= 11 is 1.84. The van der Waals surface area contributed by atoms with Gasteiger partial charge in [-0.05, 0) is 32.1 Å². The molecule has 31 heavy (non-hydrogen) atoms. The molecule has 0 spiro atoms. The summed E-state index contributed by atoms with van der Waals surface area (Å²) in [6.45, 7) is 11.8. The number of anilines is 1. The maximum absolute atomic E-state index is 5.00. The Morgan fingerprint density at radius 2 is 2.00 bits per heavy atom. The molecule has 0 aromatic carbocycles. The molecule has 3 heterocycles. The van der Waals surface area contributed by atoms with E-state index in [0.29, 0.717) is 12.0 Å². The van der Waals surface area contributed by atoms with Gasteiger partial charge in [0, 0.05) is 61.6 Å². The Labute approximate surface area is 190 Å². The van der Waals surface area contributed by atoms with Crippen molar-refractivity contribution < 1.29 is 0 Å². The highest BCUT2D eigenvalue weighted by molar-refractivity contribution is 7.99. The molecule has 1 saturated carbocycles. The molecule has 0 radical (unpaired) electrons. The number of rotatable bonds is 8. The Kier molecular flexibility index (Phi) is 6.86. The Hall–Kier alpha value is -1.67. The molecule has 1 atom stereocenters. The summed E-state index contributed by atoms with van der Waals surface area (Å²) in [7, 11) is 2.11. The topological polar surface area (TPSA) is 71.8 Å². The molecule has 1 aliphatic carbocycles. The predicted molar refractivity (Wildman–Crippen MR) is 127 cm³/mol. The molecule has 0 amide bonds. The fourth-order valence-electron chi connectivity index (χ4n) is 4.10. The van der Waals surface area contributed by atoms with Crippen molar-refractivity contribution in [1.82, 2.24) is 30.0 Å². The fourth-order valence-corrected chi connectivity index (χ4v) is 4.98. The standard InChI is InChI=1S/C23H37N7S/c1-6-17-14-19(26-21(25-17)23(2,3)4)30-12-11-24-15-18(30)8-7-13-31-22-28-27-20(29(22)5)16-9-10-16/h14,16,18,24H,6-13,15H2,1-5H3. The van der Waals surface area contributed by atoms with E-state index in [2.05, 4.69) is 65.8 Å². The lowest BCUT2D eigenvalue weighted by Crippen LogP contribution is -2.52. The molecule has 1 aliphatic heterocycles. The van der Waals surface area contributed by atoms with Crippen LogP contribution in [0.5, 0.6) is 0 Å². The van der Waals surface area contributed by atoms with Crippen LogP contribution < -0.4 is 10.2 Å². The lowest BCUT2D eigenvalue weighted by Gasteiger charge is -2.38. The van der Waals surface area contributed by atoms with Crippen LogP contribution in [0.2, 0.25) is 0 Å². The van der Waals surface area contributed by atoms with Crippen molar-refractivity contribution in [2.45, 2.75) is 82.3 Å². The highest BCUT2D eigenvalue weighted by Crippen LogP contribution is 2.39. The minimum Gasteiger partial charge on any atom is -0.351 e. The Morgan fingerprint density at radius 3 is 2.71 bits per heavy atom. The molecule has 1 saturated heterocycles. The van der Waals surface area contributed by atoms with Gasteiger partial charge >= 0.3 is 0 Å². The lowest BCUT2D eigenvalue weighted by molar-refractivity contribution is 0.445. The molecule has 7 nitrogen and oxygen atoms in total. The van der Waals surface area contributed by atoms with Crippen LogP contribution >= 0.6 is 11.8 Å². The second kappa shape index (κ2) is 9.45. The van der Waals surface area contributed by atoms with Crippen molar-refractivity contribution in [2.75, 3.05) is 30.3 Å². The Balaban J connectivity index is 1.39. The Bertz CT molecular complexity index is 885. The van der Waals surface area contributed by atoms with Gasteiger partial charge in [0.25, 0.3) is 0 Å². The molecular weight excluding hydrogens is 406 g/mol. The lowest BCUT2D eigenvalue weighted by atomic mass is 9.95. The Morgan fingerprint density at radius 1 is 1.19 bits per heavy atom.